The lowest BCUT2D eigenvalue weighted by Crippen LogP contribution is -2.60. The van der Waals surface area contributed by atoms with E-state index in [1.807, 2.05) is 0 Å². The van der Waals surface area contributed by atoms with Crippen molar-refractivity contribution in [2.75, 3.05) is 0 Å². The molecule has 0 aromatic carbocycles. The fourth-order valence-electron chi connectivity index (χ4n) is 1.43. The van der Waals surface area contributed by atoms with Gasteiger partial charge in [-0.05, 0) is 6.08 Å². The predicted molar refractivity (Wildman–Crippen MR) is 65.5 cm³/mol. The van der Waals surface area contributed by atoms with Crippen molar-refractivity contribution in [1.82, 2.24) is 9.34 Å². The van der Waals surface area contributed by atoms with Gasteiger partial charge in [-0.15, -0.1) is 11.6 Å². The standard InChI is InChI=1S/C4H15ClN8O2P2/c5-2-1-3(6)13(17(10,11)15)4(7)12(2)16(8,9)14/h1-2,4H,6-7H2,(H4,8,9,14)(H4,10,11,15). The molecule has 0 radical (unpaired) electrons. The molecule has 2 unspecified atom stereocenters. The first-order valence-corrected chi connectivity index (χ1v) is 8.29. The second kappa shape index (κ2) is 4.51. The monoisotopic (exact) mass is 304 g/mol. The Morgan fingerprint density at radius 1 is 1.18 bits per heavy atom. The van der Waals surface area contributed by atoms with E-state index in [-0.39, 0.29) is 5.82 Å². The van der Waals surface area contributed by atoms with E-state index in [2.05, 4.69) is 0 Å². The van der Waals surface area contributed by atoms with E-state index in [1.165, 1.54) is 6.08 Å². The van der Waals surface area contributed by atoms with Gasteiger partial charge >= 0.3 is 7.59 Å². The topological polar surface area (TPSA) is 197 Å². The summed E-state index contributed by atoms with van der Waals surface area (Å²) in [5, 5.41) is 0. The maximum absolute atomic E-state index is 11.6. The average Bonchev–Trinajstić information content (AvgIpc) is 1.94. The lowest BCUT2D eigenvalue weighted by molar-refractivity contribution is 0.189. The molecule has 0 bridgehead atoms. The van der Waals surface area contributed by atoms with Crippen LogP contribution in [0.15, 0.2) is 11.9 Å². The number of rotatable bonds is 2. The van der Waals surface area contributed by atoms with Crippen molar-refractivity contribution in [3.05, 3.63) is 11.9 Å². The van der Waals surface area contributed by atoms with Crippen LogP contribution >= 0.6 is 26.8 Å². The second-order valence-corrected chi connectivity index (χ2v) is 7.48. The van der Waals surface area contributed by atoms with Gasteiger partial charge in [0.15, 0.2) is 6.29 Å². The zero-order valence-corrected chi connectivity index (χ0v) is 11.2. The van der Waals surface area contributed by atoms with Gasteiger partial charge in [0.05, 0.1) is 0 Å². The summed E-state index contributed by atoms with van der Waals surface area (Å²) < 4.78 is 24.8. The summed E-state index contributed by atoms with van der Waals surface area (Å²) in [6.45, 7) is 0. The van der Waals surface area contributed by atoms with E-state index in [0.717, 1.165) is 9.34 Å². The minimum Gasteiger partial charge on any atom is -0.385 e. The third-order valence-electron chi connectivity index (χ3n) is 2.04. The molecule has 17 heavy (non-hydrogen) atoms. The van der Waals surface area contributed by atoms with E-state index in [1.54, 1.807) is 0 Å². The molecule has 0 aliphatic carbocycles. The first-order valence-electron chi connectivity index (χ1n) is 4.26. The van der Waals surface area contributed by atoms with E-state index < -0.39 is 27.0 Å². The molecule has 1 rings (SSSR count). The van der Waals surface area contributed by atoms with Gasteiger partial charge in [-0.1, -0.05) is 0 Å². The number of alkyl halides is 1. The molecular formula is C4H15ClN8O2P2. The highest BCUT2D eigenvalue weighted by Gasteiger charge is 2.43. The van der Waals surface area contributed by atoms with Gasteiger partial charge in [-0.2, -0.15) is 4.67 Å². The van der Waals surface area contributed by atoms with E-state index >= 15 is 0 Å². The molecule has 1 aliphatic heterocycles. The van der Waals surface area contributed by atoms with Gasteiger partial charge in [-0.3, -0.25) is 41.6 Å². The Hall–Kier alpha value is -0.150. The third-order valence-corrected chi connectivity index (χ3v) is 4.87. The minimum absolute atomic E-state index is 0.101. The first-order chi connectivity index (χ1) is 7.46. The summed E-state index contributed by atoms with van der Waals surface area (Å²) in [4.78, 5) is 0. The van der Waals surface area contributed by atoms with Crippen molar-refractivity contribution in [3.8, 4) is 0 Å². The van der Waals surface area contributed by atoms with Crippen LogP contribution in [0.2, 0.25) is 0 Å². The van der Waals surface area contributed by atoms with Crippen molar-refractivity contribution in [2.24, 2.45) is 33.5 Å². The van der Waals surface area contributed by atoms with Gasteiger partial charge in [0, 0.05) is 0 Å². The van der Waals surface area contributed by atoms with Crippen LogP contribution in [-0.2, 0) is 9.13 Å². The van der Waals surface area contributed by atoms with Crippen LogP contribution in [0, 0.1) is 0 Å². The van der Waals surface area contributed by atoms with Gasteiger partial charge in [0.2, 0.25) is 0 Å². The molecule has 0 spiro atoms. The summed E-state index contributed by atoms with van der Waals surface area (Å²) in [6.07, 6.45) is -0.159. The van der Waals surface area contributed by atoms with Crippen LogP contribution < -0.4 is 33.5 Å². The summed E-state index contributed by atoms with van der Waals surface area (Å²) in [5.74, 6) is -0.101. The highest BCUT2D eigenvalue weighted by molar-refractivity contribution is 7.57. The van der Waals surface area contributed by atoms with Crippen LogP contribution in [0.4, 0.5) is 0 Å². The van der Waals surface area contributed by atoms with Crippen molar-refractivity contribution < 1.29 is 9.13 Å². The molecule has 1 heterocycles. The maximum atomic E-state index is 11.6. The maximum Gasteiger partial charge on any atom is 0.304 e. The fraction of sp³-hybridized carbons (Fsp3) is 0.500. The van der Waals surface area contributed by atoms with Crippen molar-refractivity contribution in [3.63, 3.8) is 0 Å². The third kappa shape index (κ3) is 3.00. The van der Waals surface area contributed by atoms with Gasteiger partial charge in [-0.25, -0.2) is 0 Å². The minimum atomic E-state index is -3.80. The van der Waals surface area contributed by atoms with Crippen LogP contribution in [0.25, 0.3) is 0 Å². The molecule has 0 saturated heterocycles. The van der Waals surface area contributed by atoms with Crippen LogP contribution in [-0.4, -0.2) is 21.1 Å². The Morgan fingerprint density at radius 2 is 1.65 bits per heavy atom. The molecule has 100 valence electrons. The Morgan fingerprint density at radius 3 is 2.00 bits per heavy atom. The fourth-order valence-corrected chi connectivity index (χ4v) is 3.96. The van der Waals surface area contributed by atoms with Crippen molar-refractivity contribution in [2.45, 2.75) is 11.8 Å². The largest absolute Gasteiger partial charge is 0.385 e. The summed E-state index contributed by atoms with van der Waals surface area (Å²) in [7, 11) is -7.59. The van der Waals surface area contributed by atoms with Crippen LogP contribution in [0.3, 0.4) is 0 Å². The normalized spacial score (nSPS) is 28.1. The quantitative estimate of drug-likeness (QED) is 0.193. The Balaban J connectivity index is 3.26. The van der Waals surface area contributed by atoms with E-state index in [0.29, 0.717) is 0 Å². The van der Waals surface area contributed by atoms with E-state index in [4.69, 9.17) is 45.1 Å². The Labute approximate surface area is 103 Å². The van der Waals surface area contributed by atoms with E-state index in [9.17, 15) is 9.13 Å². The van der Waals surface area contributed by atoms with Gasteiger partial charge in [0.25, 0.3) is 7.59 Å². The number of hydrogen-bond acceptors (Lipinski definition) is 4. The molecular weight excluding hydrogens is 289 g/mol. The second-order valence-electron chi connectivity index (χ2n) is 3.45. The van der Waals surface area contributed by atoms with Crippen LogP contribution in [0.5, 0.6) is 0 Å². The molecule has 12 N–H and O–H groups in total. The van der Waals surface area contributed by atoms with Crippen molar-refractivity contribution >= 4 is 26.8 Å². The number of halogens is 1. The molecule has 13 heteroatoms. The Kier molecular flexibility index (Phi) is 3.95. The Bertz CT molecular complexity index is 429. The summed E-state index contributed by atoms with van der Waals surface area (Å²) in [6, 6.07) is 0. The molecule has 1 aliphatic rings. The zero-order valence-electron chi connectivity index (χ0n) is 8.68. The lowest BCUT2D eigenvalue weighted by atomic mass is 10.4. The highest BCUT2D eigenvalue weighted by atomic mass is 35.5. The number of nitrogens with zero attached hydrogens (tertiary/aromatic N) is 2. The number of nitrogens with two attached hydrogens (primary N) is 6. The molecule has 2 atom stereocenters. The highest BCUT2D eigenvalue weighted by Crippen LogP contribution is 2.46. The first kappa shape index (κ1) is 14.9. The molecule has 0 aromatic heterocycles. The predicted octanol–water partition coefficient (Wildman–Crippen LogP) is -1.74. The summed E-state index contributed by atoms with van der Waals surface area (Å²) >= 11 is 5.83. The molecule has 0 saturated carbocycles. The molecule has 10 nitrogen and oxygen atoms in total. The number of hydrogen-bond donors (Lipinski definition) is 6. The molecule has 0 fully saturated rings. The smallest absolute Gasteiger partial charge is 0.304 e. The molecule has 0 aromatic rings. The summed E-state index contributed by atoms with van der Waals surface area (Å²) in [5.41, 5.74) is 31.2. The lowest BCUT2D eigenvalue weighted by Gasteiger charge is -2.44. The van der Waals surface area contributed by atoms with Gasteiger partial charge in [0.1, 0.15) is 11.3 Å². The SMILES string of the molecule is NC1=CC(Cl)N(P(N)(N)=O)C(N)N1P(N)(N)=O. The zero-order chi connectivity index (χ0) is 13.6. The molecule has 0 amide bonds. The van der Waals surface area contributed by atoms with Gasteiger partial charge < -0.3 is 5.73 Å². The van der Waals surface area contributed by atoms with Crippen LogP contribution in [0.1, 0.15) is 0 Å². The average molecular weight is 305 g/mol. The van der Waals surface area contributed by atoms with Crippen molar-refractivity contribution in [1.29, 1.82) is 0 Å².